The molecule has 0 saturated carbocycles. The lowest BCUT2D eigenvalue weighted by Gasteiger charge is -2.30. The van der Waals surface area contributed by atoms with E-state index in [-0.39, 0.29) is 17.1 Å². The topological polar surface area (TPSA) is 71.5 Å². The maximum absolute atomic E-state index is 14.7. The molecule has 10 heteroatoms. The highest BCUT2D eigenvalue weighted by molar-refractivity contribution is 7.91. The Morgan fingerprint density at radius 3 is 2.44 bits per heavy atom. The molecule has 182 valence electrons. The SMILES string of the molecule is COc1cc2nc(C)cc(N[C@H](C)c3cccc(C(F)F)c3F)c2cc1N1CCS(=O)(=O)CC1. The second-order valence-corrected chi connectivity index (χ2v) is 10.7. The van der Waals surface area contributed by atoms with Crippen molar-refractivity contribution in [2.45, 2.75) is 26.3 Å². The second kappa shape index (κ2) is 9.32. The maximum atomic E-state index is 14.7. The molecule has 0 amide bonds. The van der Waals surface area contributed by atoms with Crippen molar-refractivity contribution in [3.63, 3.8) is 0 Å². The average Bonchev–Trinajstić information content (AvgIpc) is 2.78. The fourth-order valence-corrected chi connectivity index (χ4v) is 5.44. The summed E-state index contributed by atoms with van der Waals surface area (Å²) in [4.78, 5) is 6.54. The third-order valence-electron chi connectivity index (χ3n) is 6.05. The zero-order valence-electron chi connectivity index (χ0n) is 19.1. The number of ether oxygens (including phenoxy) is 1. The third-order valence-corrected chi connectivity index (χ3v) is 7.66. The van der Waals surface area contributed by atoms with Crippen LogP contribution in [0.3, 0.4) is 0 Å². The maximum Gasteiger partial charge on any atom is 0.266 e. The van der Waals surface area contributed by atoms with E-state index in [1.807, 2.05) is 24.0 Å². The van der Waals surface area contributed by atoms with E-state index in [9.17, 15) is 21.6 Å². The fourth-order valence-electron chi connectivity index (χ4n) is 4.24. The van der Waals surface area contributed by atoms with E-state index in [4.69, 9.17) is 4.74 Å². The molecule has 2 aromatic carbocycles. The van der Waals surface area contributed by atoms with Crippen molar-refractivity contribution in [2.75, 3.05) is 41.9 Å². The van der Waals surface area contributed by atoms with Crippen LogP contribution in [0.25, 0.3) is 10.9 Å². The van der Waals surface area contributed by atoms with Crippen LogP contribution >= 0.6 is 0 Å². The molecule has 1 aliphatic rings. The number of aryl methyl sites for hydroxylation is 1. The summed E-state index contributed by atoms with van der Waals surface area (Å²) in [5.74, 6) is -0.242. The number of nitrogens with one attached hydrogen (secondary N) is 1. The van der Waals surface area contributed by atoms with Crippen LogP contribution in [-0.2, 0) is 9.84 Å². The number of pyridine rings is 1. The van der Waals surface area contributed by atoms with Gasteiger partial charge in [0.05, 0.1) is 41.4 Å². The Labute approximate surface area is 196 Å². The number of hydrogen-bond donors (Lipinski definition) is 1. The molecular formula is C24H26F3N3O3S. The van der Waals surface area contributed by atoms with E-state index in [2.05, 4.69) is 10.3 Å². The molecule has 0 spiro atoms. The zero-order valence-corrected chi connectivity index (χ0v) is 19.9. The van der Waals surface area contributed by atoms with E-state index in [0.29, 0.717) is 35.7 Å². The average molecular weight is 494 g/mol. The normalized spacial score (nSPS) is 16.6. The number of methoxy groups -OCH3 is 1. The molecule has 1 saturated heterocycles. The Hall–Kier alpha value is -3.01. The van der Waals surface area contributed by atoms with Gasteiger partial charge in [0.2, 0.25) is 0 Å². The number of benzene rings is 2. The number of aromatic nitrogens is 1. The number of hydrogen-bond acceptors (Lipinski definition) is 6. The molecule has 6 nitrogen and oxygen atoms in total. The van der Waals surface area contributed by atoms with Crippen molar-refractivity contribution in [3.8, 4) is 5.75 Å². The van der Waals surface area contributed by atoms with Gasteiger partial charge in [0.25, 0.3) is 6.43 Å². The molecule has 1 aromatic heterocycles. The molecule has 34 heavy (non-hydrogen) atoms. The van der Waals surface area contributed by atoms with Gasteiger partial charge < -0.3 is 15.0 Å². The molecular weight excluding hydrogens is 467 g/mol. The van der Waals surface area contributed by atoms with Crippen molar-refractivity contribution >= 4 is 32.1 Å². The summed E-state index contributed by atoms with van der Waals surface area (Å²) in [6.07, 6.45) is -2.90. The summed E-state index contributed by atoms with van der Waals surface area (Å²) in [5.41, 5.74) is 2.25. The first-order chi connectivity index (χ1) is 16.1. The lowest BCUT2D eigenvalue weighted by molar-refractivity contribution is 0.146. The Morgan fingerprint density at radius 1 is 1.12 bits per heavy atom. The van der Waals surface area contributed by atoms with E-state index in [1.54, 1.807) is 20.1 Å². The monoisotopic (exact) mass is 493 g/mol. The number of nitrogens with zero attached hydrogens (tertiary/aromatic N) is 2. The lowest BCUT2D eigenvalue weighted by Crippen LogP contribution is -2.40. The summed E-state index contributed by atoms with van der Waals surface area (Å²) in [6, 6.07) is 8.85. The highest BCUT2D eigenvalue weighted by Crippen LogP contribution is 2.38. The number of sulfone groups is 1. The Morgan fingerprint density at radius 2 is 1.79 bits per heavy atom. The fraction of sp³-hybridized carbons (Fsp3) is 0.375. The number of rotatable bonds is 6. The summed E-state index contributed by atoms with van der Waals surface area (Å²) < 4.78 is 70.4. The van der Waals surface area contributed by atoms with Crippen LogP contribution in [0, 0.1) is 12.7 Å². The molecule has 0 aliphatic carbocycles. The molecule has 3 aromatic rings. The molecule has 4 rings (SSSR count). The highest BCUT2D eigenvalue weighted by Gasteiger charge is 2.25. The van der Waals surface area contributed by atoms with Gasteiger partial charge in [0.15, 0.2) is 9.84 Å². The number of anilines is 2. The zero-order chi connectivity index (χ0) is 24.6. The van der Waals surface area contributed by atoms with Gasteiger partial charge in [-0.05, 0) is 26.0 Å². The summed E-state index contributed by atoms with van der Waals surface area (Å²) >= 11 is 0. The molecule has 1 N–H and O–H groups in total. The first-order valence-corrected chi connectivity index (χ1v) is 12.7. The van der Waals surface area contributed by atoms with Crippen molar-refractivity contribution < 1.29 is 26.3 Å². The van der Waals surface area contributed by atoms with Crippen LogP contribution in [0.4, 0.5) is 24.5 Å². The minimum atomic E-state index is -3.06. The third kappa shape index (κ3) is 4.77. The van der Waals surface area contributed by atoms with Crippen LogP contribution in [-0.4, -0.2) is 45.1 Å². The van der Waals surface area contributed by atoms with E-state index < -0.39 is 33.7 Å². The van der Waals surface area contributed by atoms with Crippen molar-refractivity contribution in [3.05, 3.63) is 59.0 Å². The van der Waals surface area contributed by atoms with Crippen LogP contribution in [0.5, 0.6) is 5.75 Å². The number of halogens is 3. The quantitative estimate of drug-likeness (QED) is 0.519. The van der Waals surface area contributed by atoms with Gasteiger partial charge in [0.1, 0.15) is 11.6 Å². The molecule has 0 unspecified atom stereocenters. The van der Waals surface area contributed by atoms with Crippen molar-refractivity contribution in [1.29, 1.82) is 0 Å². The number of fused-ring (bicyclic) bond motifs is 1. The van der Waals surface area contributed by atoms with Gasteiger partial charge in [0, 0.05) is 41.5 Å². The number of alkyl halides is 2. The predicted octanol–water partition coefficient (Wildman–Crippen LogP) is 5.04. The Balaban J connectivity index is 1.75. The van der Waals surface area contributed by atoms with Crippen LogP contribution in [0.1, 0.15) is 36.2 Å². The summed E-state index contributed by atoms with van der Waals surface area (Å²) in [7, 11) is -1.51. The first-order valence-electron chi connectivity index (χ1n) is 10.9. The van der Waals surface area contributed by atoms with Gasteiger partial charge in [-0.3, -0.25) is 4.98 Å². The van der Waals surface area contributed by atoms with Gasteiger partial charge >= 0.3 is 0 Å². The van der Waals surface area contributed by atoms with Gasteiger partial charge in [-0.2, -0.15) is 0 Å². The van der Waals surface area contributed by atoms with Crippen LogP contribution in [0.15, 0.2) is 36.4 Å². The molecule has 1 atom stereocenters. The summed E-state index contributed by atoms with van der Waals surface area (Å²) in [5, 5.41) is 3.98. The Kier molecular flexibility index (Phi) is 6.62. The molecule has 0 radical (unpaired) electrons. The largest absolute Gasteiger partial charge is 0.495 e. The minimum Gasteiger partial charge on any atom is -0.495 e. The molecule has 0 bridgehead atoms. The van der Waals surface area contributed by atoms with E-state index >= 15 is 0 Å². The second-order valence-electron chi connectivity index (χ2n) is 8.41. The minimum absolute atomic E-state index is 0.0578. The van der Waals surface area contributed by atoms with E-state index in [1.165, 1.54) is 12.1 Å². The van der Waals surface area contributed by atoms with Gasteiger partial charge in [-0.15, -0.1) is 0 Å². The summed E-state index contributed by atoms with van der Waals surface area (Å²) in [6.45, 7) is 4.21. The van der Waals surface area contributed by atoms with E-state index in [0.717, 1.165) is 17.1 Å². The molecule has 1 fully saturated rings. The standard InChI is InChI=1S/C24H26F3N3O3S/c1-14-11-19(29-15(2)16-5-4-6-17(23(16)25)24(26)27)18-12-21(22(33-3)13-20(18)28-14)30-7-9-34(31,32)10-8-30/h4-6,11-13,15,24H,7-10H2,1-3H3,(H,28,29)/t15-/m1/s1. The highest BCUT2D eigenvalue weighted by atomic mass is 32.2. The smallest absolute Gasteiger partial charge is 0.266 e. The van der Waals surface area contributed by atoms with Gasteiger partial charge in [-0.25, -0.2) is 21.6 Å². The first kappa shape index (κ1) is 24.1. The van der Waals surface area contributed by atoms with Gasteiger partial charge in [-0.1, -0.05) is 18.2 Å². The predicted molar refractivity (Wildman–Crippen MR) is 127 cm³/mol. The Bertz CT molecular complexity index is 1320. The van der Waals surface area contributed by atoms with Crippen molar-refractivity contribution in [1.82, 2.24) is 4.98 Å². The lowest BCUT2D eigenvalue weighted by atomic mass is 10.0. The van der Waals surface area contributed by atoms with Crippen LogP contribution < -0.4 is 15.0 Å². The van der Waals surface area contributed by atoms with Crippen molar-refractivity contribution in [2.24, 2.45) is 0 Å². The molecule has 1 aliphatic heterocycles. The molecule has 2 heterocycles. The van der Waals surface area contributed by atoms with Crippen LogP contribution in [0.2, 0.25) is 0 Å².